The summed E-state index contributed by atoms with van der Waals surface area (Å²) in [4.78, 5) is 19.0. The van der Waals surface area contributed by atoms with Crippen molar-refractivity contribution < 1.29 is 31.5 Å². The van der Waals surface area contributed by atoms with Crippen molar-refractivity contribution in [2.24, 2.45) is 13.0 Å². The Kier molecular flexibility index (Phi) is 9.52. The van der Waals surface area contributed by atoms with Gasteiger partial charge in [-0.05, 0) is 49.4 Å². The number of aromatic nitrogens is 2. The normalized spacial score (nSPS) is 18.9. The van der Waals surface area contributed by atoms with Crippen molar-refractivity contribution in [3.05, 3.63) is 65.6 Å². The third-order valence-corrected chi connectivity index (χ3v) is 10.4. The highest BCUT2D eigenvalue weighted by atomic mass is 35.5. The number of hydrogen-bond acceptors (Lipinski definition) is 8. The zero-order valence-corrected chi connectivity index (χ0v) is 26.0. The average Bonchev–Trinajstić information content (AvgIpc) is 3.39. The van der Waals surface area contributed by atoms with Gasteiger partial charge in [0.05, 0.1) is 36.8 Å². The predicted octanol–water partition coefficient (Wildman–Crippen LogP) is 2.34. The second-order valence-electron chi connectivity index (χ2n) is 10.4. The minimum atomic E-state index is -3.96. The SMILES string of the molecule is C[C@H](CO)N1C[C@H](C)[C@@H](CN(C)S(=O)(=O)c2cn(C)cn2)Oc2ccc(NS(=O)(=O)c3ccc(Cl)cc3)cc2CC1=O. The van der Waals surface area contributed by atoms with Crippen molar-refractivity contribution in [2.75, 3.05) is 31.5 Å². The maximum Gasteiger partial charge on any atom is 0.261 e. The number of nitrogens with one attached hydrogen (secondary N) is 1. The lowest BCUT2D eigenvalue weighted by atomic mass is 10.0. The Balaban J connectivity index is 1.68. The maximum absolute atomic E-state index is 13.4. The van der Waals surface area contributed by atoms with Crippen molar-refractivity contribution in [3.8, 4) is 5.75 Å². The fourth-order valence-corrected chi connectivity index (χ4v) is 6.89. The van der Waals surface area contributed by atoms with Crippen LogP contribution in [0.4, 0.5) is 5.69 Å². The first-order valence-electron chi connectivity index (χ1n) is 13.1. The van der Waals surface area contributed by atoms with Crippen LogP contribution in [0, 0.1) is 5.92 Å². The number of carbonyl (C=O) groups excluding carboxylic acids is 1. The Morgan fingerprint density at radius 1 is 1.19 bits per heavy atom. The topological polar surface area (TPSA) is 151 Å². The fourth-order valence-electron chi connectivity index (χ4n) is 4.57. The maximum atomic E-state index is 13.4. The summed E-state index contributed by atoms with van der Waals surface area (Å²) in [5.74, 6) is -0.323. The molecule has 1 amide bonds. The molecule has 228 valence electrons. The molecule has 0 unspecified atom stereocenters. The van der Waals surface area contributed by atoms with Gasteiger partial charge in [0, 0.05) is 49.0 Å². The van der Waals surface area contributed by atoms with Crippen LogP contribution in [-0.2, 0) is 38.3 Å². The largest absolute Gasteiger partial charge is 0.488 e. The molecule has 42 heavy (non-hydrogen) atoms. The summed E-state index contributed by atoms with van der Waals surface area (Å²) >= 11 is 5.89. The molecule has 0 saturated carbocycles. The molecule has 15 heteroatoms. The number of fused-ring (bicyclic) bond motifs is 1. The van der Waals surface area contributed by atoms with Gasteiger partial charge < -0.3 is 19.3 Å². The van der Waals surface area contributed by atoms with Crippen LogP contribution in [0.25, 0.3) is 0 Å². The van der Waals surface area contributed by atoms with E-state index in [0.29, 0.717) is 16.3 Å². The number of halogens is 1. The van der Waals surface area contributed by atoms with Crippen LogP contribution >= 0.6 is 11.6 Å². The van der Waals surface area contributed by atoms with Crippen LogP contribution in [-0.4, -0.2) is 85.5 Å². The lowest BCUT2D eigenvalue weighted by Crippen LogP contribution is -2.48. The molecule has 2 heterocycles. The Morgan fingerprint density at radius 3 is 2.50 bits per heavy atom. The molecule has 2 N–H and O–H groups in total. The summed E-state index contributed by atoms with van der Waals surface area (Å²) in [5.41, 5.74) is 0.612. The number of carbonyl (C=O) groups is 1. The Hall–Kier alpha value is -3.17. The van der Waals surface area contributed by atoms with E-state index in [1.54, 1.807) is 20.0 Å². The summed E-state index contributed by atoms with van der Waals surface area (Å²) in [6.45, 7) is 3.43. The molecular weight excluding hydrogens is 606 g/mol. The number of hydrogen-bond donors (Lipinski definition) is 2. The molecule has 2 aromatic carbocycles. The number of imidazole rings is 1. The van der Waals surface area contributed by atoms with Crippen LogP contribution < -0.4 is 9.46 Å². The van der Waals surface area contributed by atoms with Crippen molar-refractivity contribution in [2.45, 2.75) is 42.3 Å². The molecule has 1 aromatic heterocycles. The van der Waals surface area contributed by atoms with Gasteiger partial charge in [0.2, 0.25) is 5.91 Å². The number of amides is 1. The van der Waals surface area contributed by atoms with Gasteiger partial charge >= 0.3 is 0 Å². The van der Waals surface area contributed by atoms with Gasteiger partial charge in [-0.1, -0.05) is 18.5 Å². The summed E-state index contributed by atoms with van der Waals surface area (Å²) in [5, 5.41) is 10.1. The number of benzene rings is 2. The number of aliphatic hydroxyl groups excluding tert-OH is 1. The number of aryl methyl sites for hydroxylation is 1. The highest BCUT2D eigenvalue weighted by molar-refractivity contribution is 7.92. The predicted molar refractivity (Wildman–Crippen MR) is 157 cm³/mol. The molecule has 12 nitrogen and oxygen atoms in total. The lowest BCUT2D eigenvalue weighted by Gasteiger charge is -2.33. The van der Waals surface area contributed by atoms with E-state index in [9.17, 15) is 26.7 Å². The molecule has 0 spiro atoms. The quantitative estimate of drug-likeness (QED) is 0.362. The number of sulfonamides is 2. The molecular formula is C27H34ClN5O7S2. The smallest absolute Gasteiger partial charge is 0.261 e. The summed E-state index contributed by atoms with van der Waals surface area (Å²) in [7, 11) is -4.79. The monoisotopic (exact) mass is 639 g/mol. The Morgan fingerprint density at radius 2 is 1.88 bits per heavy atom. The molecule has 0 radical (unpaired) electrons. The van der Waals surface area contributed by atoms with E-state index in [2.05, 4.69) is 9.71 Å². The van der Waals surface area contributed by atoms with Crippen molar-refractivity contribution in [1.29, 1.82) is 0 Å². The van der Waals surface area contributed by atoms with E-state index >= 15 is 0 Å². The summed E-state index contributed by atoms with van der Waals surface area (Å²) < 4.78 is 63.9. The lowest BCUT2D eigenvalue weighted by molar-refractivity contribution is -0.134. The van der Waals surface area contributed by atoms with E-state index in [1.165, 1.54) is 65.4 Å². The van der Waals surface area contributed by atoms with Crippen molar-refractivity contribution in [3.63, 3.8) is 0 Å². The second kappa shape index (κ2) is 12.6. The summed E-state index contributed by atoms with van der Waals surface area (Å²) in [6.07, 6.45) is 1.97. The minimum absolute atomic E-state index is 0.0109. The van der Waals surface area contributed by atoms with Crippen LogP contribution in [0.15, 0.2) is 64.9 Å². The van der Waals surface area contributed by atoms with Gasteiger partial charge in [0.1, 0.15) is 11.9 Å². The Labute approximate surface area is 251 Å². The third-order valence-electron chi connectivity index (χ3n) is 7.09. The van der Waals surface area contributed by atoms with Gasteiger partial charge in [-0.25, -0.2) is 21.8 Å². The average molecular weight is 640 g/mol. The van der Waals surface area contributed by atoms with Crippen LogP contribution in [0.5, 0.6) is 5.75 Å². The van der Waals surface area contributed by atoms with E-state index in [-0.39, 0.29) is 53.6 Å². The van der Waals surface area contributed by atoms with Crippen LogP contribution in [0.1, 0.15) is 19.4 Å². The van der Waals surface area contributed by atoms with Gasteiger partial charge in [0.25, 0.3) is 20.0 Å². The molecule has 3 aromatic rings. The number of nitrogens with zero attached hydrogens (tertiary/aromatic N) is 4. The van der Waals surface area contributed by atoms with Gasteiger partial charge in [-0.2, -0.15) is 4.31 Å². The highest BCUT2D eigenvalue weighted by Crippen LogP contribution is 2.30. The third kappa shape index (κ3) is 7.06. The van der Waals surface area contributed by atoms with Gasteiger partial charge in [0.15, 0.2) is 5.03 Å². The van der Waals surface area contributed by atoms with Crippen LogP contribution in [0.2, 0.25) is 5.02 Å². The Bertz CT molecular complexity index is 1650. The molecule has 0 aliphatic carbocycles. The van der Waals surface area contributed by atoms with E-state index in [4.69, 9.17) is 16.3 Å². The molecule has 1 aliphatic rings. The van der Waals surface area contributed by atoms with Crippen molar-refractivity contribution in [1.82, 2.24) is 18.8 Å². The standard InChI is InChI=1S/C27H34ClN5O7S2/c1-18-13-33(19(2)16-34)27(35)12-20-11-22(30-41(36,37)23-8-5-21(28)6-9-23)7-10-24(20)40-25(18)14-32(4)42(38,39)26-15-31(3)17-29-26/h5-11,15,17-19,25,30,34H,12-14,16H2,1-4H3/t18-,19+,25+/m0/s1. The second-order valence-corrected chi connectivity index (χ2v) is 14.5. The minimum Gasteiger partial charge on any atom is -0.488 e. The summed E-state index contributed by atoms with van der Waals surface area (Å²) in [6, 6.07) is 9.77. The zero-order valence-electron chi connectivity index (χ0n) is 23.6. The number of aliphatic hydroxyl groups is 1. The molecule has 0 fully saturated rings. The molecule has 3 atom stereocenters. The molecule has 0 bridgehead atoms. The van der Waals surface area contributed by atoms with Gasteiger partial charge in [-0.15, -0.1) is 0 Å². The number of anilines is 1. The first kappa shape index (κ1) is 31.8. The van der Waals surface area contributed by atoms with E-state index in [1.807, 2.05) is 6.92 Å². The first-order chi connectivity index (χ1) is 19.7. The molecule has 0 saturated heterocycles. The van der Waals surface area contributed by atoms with Crippen molar-refractivity contribution >= 4 is 43.2 Å². The highest BCUT2D eigenvalue weighted by Gasteiger charge is 2.34. The van der Waals surface area contributed by atoms with Crippen LogP contribution in [0.3, 0.4) is 0 Å². The van der Waals surface area contributed by atoms with E-state index < -0.39 is 32.2 Å². The number of likely N-dealkylation sites (N-methyl/N-ethyl adjacent to an activating group) is 1. The number of rotatable bonds is 9. The molecule has 1 aliphatic heterocycles. The van der Waals surface area contributed by atoms with E-state index in [0.717, 1.165) is 4.31 Å². The zero-order chi connectivity index (χ0) is 30.8. The molecule has 4 rings (SSSR count). The first-order valence-corrected chi connectivity index (χ1v) is 16.4. The fraction of sp³-hybridized carbons (Fsp3) is 0.407. The van der Waals surface area contributed by atoms with Gasteiger partial charge in [-0.3, -0.25) is 9.52 Å². The number of ether oxygens (including phenoxy) is 1.